The molecule has 0 atom stereocenters. The van der Waals surface area contributed by atoms with E-state index in [9.17, 15) is 10.1 Å². The smallest absolute Gasteiger partial charge is 0.311 e. The highest BCUT2D eigenvalue weighted by Gasteiger charge is 2.22. The molecule has 0 spiro atoms. The standard InChI is InChI=1S/C15H24N2O4/c1-4-9-20-14-10-12(7-8-13(14)17(18)19)21-11-15(16,5-2)6-3/h7-8,10H,4-6,9,11,16H2,1-3H3. The molecule has 0 unspecified atom stereocenters. The van der Waals surface area contributed by atoms with Gasteiger partial charge in [-0.1, -0.05) is 20.8 Å². The van der Waals surface area contributed by atoms with Gasteiger partial charge in [0.2, 0.25) is 5.75 Å². The molecule has 1 rings (SSSR count). The lowest BCUT2D eigenvalue weighted by atomic mass is 9.96. The molecule has 1 aromatic carbocycles. The van der Waals surface area contributed by atoms with Crippen LogP contribution in [-0.2, 0) is 0 Å². The highest BCUT2D eigenvalue weighted by Crippen LogP contribution is 2.31. The van der Waals surface area contributed by atoms with Gasteiger partial charge in [0.15, 0.2) is 0 Å². The van der Waals surface area contributed by atoms with Crippen LogP contribution in [0.2, 0.25) is 0 Å². The van der Waals surface area contributed by atoms with Crippen molar-refractivity contribution in [2.24, 2.45) is 5.73 Å². The molecular formula is C15H24N2O4. The first-order valence-corrected chi connectivity index (χ1v) is 7.28. The first kappa shape index (κ1) is 17.2. The van der Waals surface area contributed by atoms with Crippen LogP contribution in [0, 0.1) is 10.1 Å². The Balaban J connectivity index is 2.87. The van der Waals surface area contributed by atoms with Gasteiger partial charge in [-0.25, -0.2) is 0 Å². The predicted molar refractivity (Wildman–Crippen MR) is 81.9 cm³/mol. The van der Waals surface area contributed by atoms with Gasteiger partial charge in [0.25, 0.3) is 0 Å². The van der Waals surface area contributed by atoms with E-state index in [1.807, 2.05) is 20.8 Å². The van der Waals surface area contributed by atoms with Crippen molar-refractivity contribution in [3.63, 3.8) is 0 Å². The minimum absolute atomic E-state index is 0.0548. The van der Waals surface area contributed by atoms with Crippen LogP contribution in [0.5, 0.6) is 11.5 Å². The van der Waals surface area contributed by atoms with E-state index >= 15 is 0 Å². The first-order valence-electron chi connectivity index (χ1n) is 7.28. The van der Waals surface area contributed by atoms with Crippen LogP contribution in [0.25, 0.3) is 0 Å². The summed E-state index contributed by atoms with van der Waals surface area (Å²) >= 11 is 0. The van der Waals surface area contributed by atoms with Gasteiger partial charge in [-0.2, -0.15) is 0 Å². The van der Waals surface area contributed by atoms with E-state index in [0.717, 1.165) is 19.3 Å². The minimum atomic E-state index is -0.458. The Kier molecular flexibility index (Phi) is 6.42. The number of nitro benzene ring substituents is 1. The molecular weight excluding hydrogens is 272 g/mol. The summed E-state index contributed by atoms with van der Waals surface area (Å²) in [7, 11) is 0. The molecule has 0 aliphatic rings. The van der Waals surface area contributed by atoms with E-state index in [4.69, 9.17) is 15.2 Å². The Hall–Kier alpha value is -1.82. The summed E-state index contributed by atoms with van der Waals surface area (Å²) in [4.78, 5) is 10.5. The molecule has 1 aromatic rings. The highest BCUT2D eigenvalue weighted by atomic mass is 16.6. The molecule has 6 heteroatoms. The molecule has 2 N–H and O–H groups in total. The van der Waals surface area contributed by atoms with Crippen LogP contribution < -0.4 is 15.2 Å². The molecule has 0 amide bonds. The Bertz CT molecular complexity index is 473. The number of nitrogens with two attached hydrogens (primary N) is 1. The number of ether oxygens (including phenoxy) is 2. The maximum Gasteiger partial charge on any atom is 0.311 e. The summed E-state index contributed by atoms with van der Waals surface area (Å²) in [5, 5.41) is 11.0. The second-order valence-electron chi connectivity index (χ2n) is 5.09. The van der Waals surface area contributed by atoms with E-state index in [1.54, 1.807) is 12.1 Å². The zero-order valence-corrected chi connectivity index (χ0v) is 12.9. The minimum Gasteiger partial charge on any atom is -0.492 e. The van der Waals surface area contributed by atoms with Crippen LogP contribution >= 0.6 is 0 Å². The van der Waals surface area contributed by atoms with Crippen molar-refractivity contribution in [2.45, 2.75) is 45.6 Å². The quantitative estimate of drug-likeness (QED) is 0.558. The second kappa shape index (κ2) is 7.83. The molecule has 0 aliphatic carbocycles. The third-order valence-electron chi connectivity index (χ3n) is 3.52. The number of nitro groups is 1. The summed E-state index contributed by atoms with van der Waals surface area (Å²) in [6.45, 7) is 6.76. The van der Waals surface area contributed by atoms with Crippen LogP contribution in [0.15, 0.2) is 18.2 Å². The molecule has 0 fully saturated rings. The van der Waals surface area contributed by atoms with Gasteiger partial charge in [0.05, 0.1) is 11.5 Å². The van der Waals surface area contributed by atoms with Crippen LogP contribution in [0.3, 0.4) is 0 Å². The fourth-order valence-corrected chi connectivity index (χ4v) is 1.74. The van der Waals surface area contributed by atoms with Crippen molar-refractivity contribution in [3.05, 3.63) is 28.3 Å². The van der Waals surface area contributed by atoms with Gasteiger partial charge in [0.1, 0.15) is 12.4 Å². The number of hydrogen-bond donors (Lipinski definition) is 1. The summed E-state index contributed by atoms with van der Waals surface area (Å²) in [6, 6.07) is 4.53. The molecule has 0 aliphatic heterocycles. The van der Waals surface area contributed by atoms with Crippen LogP contribution in [0.1, 0.15) is 40.0 Å². The molecule has 0 saturated carbocycles. The lowest BCUT2D eigenvalue weighted by Gasteiger charge is -2.26. The summed E-state index contributed by atoms with van der Waals surface area (Å²) in [5.41, 5.74) is 5.74. The van der Waals surface area contributed by atoms with Gasteiger partial charge in [-0.15, -0.1) is 0 Å². The van der Waals surface area contributed by atoms with E-state index in [0.29, 0.717) is 19.0 Å². The lowest BCUT2D eigenvalue weighted by molar-refractivity contribution is -0.385. The molecule has 0 radical (unpaired) electrons. The summed E-state index contributed by atoms with van der Waals surface area (Å²) in [6.07, 6.45) is 2.38. The maximum atomic E-state index is 11.0. The molecule has 6 nitrogen and oxygen atoms in total. The third kappa shape index (κ3) is 4.90. The number of benzene rings is 1. The number of nitrogens with zero attached hydrogens (tertiary/aromatic N) is 1. The first-order chi connectivity index (χ1) is 9.95. The highest BCUT2D eigenvalue weighted by molar-refractivity contribution is 5.50. The van der Waals surface area contributed by atoms with Crippen molar-refractivity contribution in [2.75, 3.05) is 13.2 Å². The zero-order valence-electron chi connectivity index (χ0n) is 12.9. The molecule has 0 bridgehead atoms. The van der Waals surface area contributed by atoms with Crippen molar-refractivity contribution in [3.8, 4) is 11.5 Å². The van der Waals surface area contributed by atoms with Crippen LogP contribution in [-0.4, -0.2) is 23.7 Å². The monoisotopic (exact) mass is 296 g/mol. The predicted octanol–water partition coefficient (Wildman–Crippen LogP) is 3.28. The average Bonchev–Trinajstić information content (AvgIpc) is 2.50. The normalized spacial score (nSPS) is 11.2. The summed E-state index contributed by atoms with van der Waals surface area (Å²) in [5.74, 6) is 0.762. The zero-order chi connectivity index (χ0) is 15.9. The number of hydrogen-bond acceptors (Lipinski definition) is 5. The molecule has 0 heterocycles. The van der Waals surface area contributed by atoms with Gasteiger partial charge in [-0.05, 0) is 25.3 Å². The average molecular weight is 296 g/mol. The van der Waals surface area contributed by atoms with Gasteiger partial charge in [-0.3, -0.25) is 10.1 Å². The Morgan fingerprint density at radius 1 is 1.24 bits per heavy atom. The Labute approximate surface area is 125 Å². The van der Waals surface area contributed by atoms with E-state index < -0.39 is 4.92 Å². The van der Waals surface area contributed by atoms with Gasteiger partial charge in [0, 0.05) is 17.7 Å². The second-order valence-corrected chi connectivity index (χ2v) is 5.09. The van der Waals surface area contributed by atoms with Gasteiger partial charge >= 0.3 is 5.69 Å². The van der Waals surface area contributed by atoms with Crippen LogP contribution in [0.4, 0.5) is 5.69 Å². The molecule has 0 aromatic heterocycles. The van der Waals surface area contributed by atoms with Crippen molar-refractivity contribution < 1.29 is 14.4 Å². The van der Waals surface area contributed by atoms with Gasteiger partial charge < -0.3 is 15.2 Å². The summed E-state index contributed by atoms with van der Waals surface area (Å²) < 4.78 is 11.1. The maximum absolute atomic E-state index is 11.0. The van der Waals surface area contributed by atoms with Crippen molar-refractivity contribution in [1.29, 1.82) is 0 Å². The third-order valence-corrected chi connectivity index (χ3v) is 3.52. The topological polar surface area (TPSA) is 87.6 Å². The van der Waals surface area contributed by atoms with E-state index in [2.05, 4.69) is 0 Å². The Morgan fingerprint density at radius 2 is 1.90 bits per heavy atom. The molecule has 21 heavy (non-hydrogen) atoms. The van der Waals surface area contributed by atoms with Crippen molar-refractivity contribution >= 4 is 5.69 Å². The lowest BCUT2D eigenvalue weighted by Crippen LogP contribution is -2.44. The Morgan fingerprint density at radius 3 is 2.43 bits per heavy atom. The fourth-order valence-electron chi connectivity index (χ4n) is 1.74. The molecule has 0 saturated heterocycles. The SMILES string of the molecule is CCCOc1cc(OCC(N)(CC)CC)ccc1[N+](=O)[O-]. The number of rotatable bonds is 9. The van der Waals surface area contributed by atoms with E-state index in [1.165, 1.54) is 6.07 Å². The van der Waals surface area contributed by atoms with E-state index in [-0.39, 0.29) is 17.0 Å². The largest absolute Gasteiger partial charge is 0.492 e. The fraction of sp³-hybridized carbons (Fsp3) is 0.600. The van der Waals surface area contributed by atoms with Crippen molar-refractivity contribution in [1.82, 2.24) is 0 Å². The molecule has 118 valence electrons.